The Balaban J connectivity index is 2.29. The van der Waals surface area contributed by atoms with Crippen molar-refractivity contribution in [2.24, 2.45) is 11.3 Å². The summed E-state index contributed by atoms with van der Waals surface area (Å²) in [6, 6.07) is 7.42. The number of nitrogens with one attached hydrogen (secondary N) is 1. The van der Waals surface area contributed by atoms with Crippen LogP contribution in [0.25, 0.3) is 0 Å². The third-order valence-electron chi connectivity index (χ3n) is 5.00. The number of hydrogen-bond acceptors (Lipinski definition) is 3. The maximum Gasteiger partial charge on any atom is 0.326 e. The number of carbonyl (C=O) groups is 2. The first-order chi connectivity index (χ1) is 12.0. The van der Waals surface area contributed by atoms with Gasteiger partial charge in [0.1, 0.15) is 6.04 Å². The van der Waals surface area contributed by atoms with Crippen molar-refractivity contribution in [2.75, 3.05) is 5.75 Å². The van der Waals surface area contributed by atoms with Gasteiger partial charge in [-0.3, -0.25) is 4.79 Å². The Bertz CT molecular complexity index is 665. The van der Waals surface area contributed by atoms with Gasteiger partial charge in [0, 0.05) is 10.5 Å². The van der Waals surface area contributed by atoms with Gasteiger partial charge in [0.25, 0.3) is 0 Å². The van der Waals surface area contributed by atoms with Crippen LogP contribution in [0.2, 0.25) is 0 Å². The summed E-state index contributed by atoms with van der Waals surface area (Å²) < 4.78 is 0.0501. The molecular weight excluding hydrogens is 346 g/mol. The van der Waals surface area contributed by atoms with Gasteiger partial charge in [0.15, 0.2) is 0 Å². The summed E-state index contributed by atoms with van der Waals surface area (Å²) in [5.41, 5.74) is 1.95. The van der Waals surface area contributed by atoms with Crippen LogP contribution in [0.3, 0.4) is 0 Å². The maximum absolute atomic E-state index is 13.3. The van der Waals surface area contributed by atoms with Gasteiger partial charge in [0.2, 0.25) is 5.91 Å². The first-order valence-corrected chi connectivity index (χ1v) is 10.3. The second-order valence-electron chi connectivity index (χ2n) is 8.66. The summed E-state index contributed by atoms with van der Waals surface area (Å²) in [5.74, 6) is -0.547. The summed E-state index contributed by atoms with van der Waals surface area (Å²) in [7, 11) is 0. The highest BCUT2D eigenvalue weighted by atomic mass is 32.2. The Morgan fingerprint density at radius 3 is 2.38 bits per heavy atom. The third-order valence-corrected chi connectivity index (χ3v) is 6.57. The zero-order valence-corrected chi connectivity index (χ0v) is 17.3. The number of hydrogen-bond donors (Lipinski definition) is 2. The Morgan fingerprint density at radius 2 is 1.85 bits per heavy atom. The molecule has 2 N–H and O–H groups in total. The van der Waals surface area contributed by atoms with E-state index in [9.17, 15) is 14.7 Å². The van der Waals surface area contributed by atoms with Crippen molar-refractivity contribution in [1.82, 2.24) is 5.32 Å². The number of aryl methyl sites for hydroxylation is 1. The molecule has 1 aromatic rings. The largest absolute Gasteiger partial charge is 0.480 e. The van der Waals surface area contributed by atoms with E-state index in [1.54, 1.807) is 11.8 Å². The topological polar surface area (TPSA) is 66.4 Å². The van der Waals surface area contributed by atoms with Crippen molar-refractivity contribution in [1.29, 1.82) is 0 Å². The van der Waals surface area contributed by atoms with E-state index in [1.807, 2.05) is 26.0 Å². The fraction of sp³-hybridized carbons (Fsp3) is 0.619. The maximum atomic E-state index is 13.3. The molecule has 0 saturated heterocycles. The van der Waals surface area contributed by atoms with Crippen LogP contribution in [0.5, 0.6) is 0 Å². The molecule has 26 heavy (non-hydrogen) atoms. The van der Waals surface area contributed by atoms with Crippen molar-refractivity contribution in [2.45, 2.75) is 64.7 Å². The summed E-state index contributed by atoms with van der Waals surface area (Å²) >= 11 is 1.78. The number of carboxylic acids is 1. The van der Waals surface area contributed by atoms with Gasteiger partial charge in [-0.25, -0.2) is 4.79 Å². The predicted molar refractivity (Wildman–Crippen MR) is 108 cm³/mol. The number of benzene rings is 1. The van der Waals surface area contributed by atoms with Gasteiger partial charge in [-0.05, 0) is 36.3 Å². The fourth-order valence-electron chi connectivity index (χ4n) is 3.35. The summed E-state index contributed by atoms with van der Waals surface area (Å²) in [5, 5.41) is 12.3. The average molecular weight is 378 g/mol. The number of rotatable bonds is 6. The number of aliphatic carboxylic acids is 1. The monoisotopic (exact) mass is 377 g/mol. The van der Waals surface area contributed by atoms with Gasteiger partial charge < -0.3 is 10.4 Å². The van der Waals surface area contributed by atoms with E-state index in [0.29, 0.717) is 12.2 Å². The molecule has 1 aliphatic rings. The van der Waals surface area contributed by atoms with Crippen molar-refractivity contribution in [3.05, 3.63) is 35.4 Å². The smallest absolute Gasteiger partial charge is 0.326 e. The van der Waals surface area contributed by atoms with Gasteiger partial charge >= 0.3 is 5.97 Å². The molecule has 2 atom stereocenters. The molecule has 144 valence electrons. The molecule has 1 aromatic carbocycles. The molecule has 5 heteroatoms. The Labute approximate surface area is 161 Å². The van der Waals surface area contributed by atoms with E-state index in [0.717, 1.165) is 12.8 Å². The van der Waals surface area contributed by atoms with Crippen LogP contribution in [0.15, 0.2) is 24.3 Å². The molecule has 0 saturated carbocycles. The zero-order chi connectivity index (χ0) is 19.5. The molecule has 0 radical (unpaired) electrons. The number of fused-ring (bicyclic) bond motifs is 1. The van der Waals surface area contributed by atoms with Crippen molar-refractivity contribution in [3.63, 3.8) is 0 Å². The number of carboxylic acid groups (broad SMARTS) is 1. The quantitative estimate of drug-likeness (QED) is 0.788. The van der Waals surface area contributed by atoms with Gasteiger partial charge in [0.05, 0.1) is 5.41 Å². The predicted octanol–water partition coefficient (Wildman–Crippen LogP) is 3.92. The lowest BCUT2D eigenvalue weighted by molar-refractivity contribution is -0.145. The second-order valence-corrected chi connectivity index (χ2v) is 10.5. The van der Waals surface area contributed by atoms with Crippen molar-refractivity contribution in [3.8, 4) is 0 Å². The lowest BCUT2D eigenvalue weighted by atomic mass is 9.72. The molecule has 0 aliphatic heterocycles. The van der Waals surface area contributed by atoms with Crippen LogP contribution in [0.4, 0.5) is 0 Å². The van der Waals surface area contributed by atoms with E-state index in [2.05, 4.69) is 38.2 Å². The molecule has 0 heterocycles. The second kappa shape index (κ2) is 8.03. The molecule has 0 bridgehead atoms. The van der Waals surface area contributed by atoms with Crippen LogP contribution in [-0.4, -0.2) is 33.5 Å². The van der Waals surface area contributed by atoms with Gasteiger partial charge in [-0.15, -0.1) is 0 Å². The Kier molecular flexibility index (Phi) is 6.43. The third kappa shape index (κ3) is 5.03. The van der Waals surface area contributed by atoms with Crippen LogP contribution < -0.4 is 5.32 Å². The van der Waals surface area contributed by atoms with Crippen LogP contribution in [0, 0.1) is 11.3 Å². The lowest BCUT2D eigenvalue weighted by Gasteiger charge is -2.39. The summed E-state index contributed by atoms with van der Waals surface area (Å²) in [6.45, 7) is 10.1. The summed E-state index contributed by atoms with van der Waals surface area (Å²) in [4.78, 5) is 24.8. The molecule has 1 aliphatic carbocycles. The normalized spacial score (nSPS) is 21.2. The first kappa shape index (κ1) is 20.8. The van der Waals surface area contributed by atoms with E-state index in [4.69, 9.17) is 0 Å². The highest BCUT2D eigenvalue weighted by Gasteiger charge is 2.43. The average Bonchev–Trinajstić information content (AvgIpc) is 2.56. The molecule has 0 aromatic heterocycles. The number of amides is 1. The molecule has 4 nitrogen and oxygen atoms in total. The van der Waals surface area contributed by atoms with Gasteiger partial charge in [-0.2, -0.15) is 11.8 Å². The van der Waals surface area contributed by atoms with Gasteiger partial charge in [-0.1, -0.05) is 58.9 Å². The van der Waals surface area contributed by atoms with E-state index in [1.165, 1.54) is 11.1 Å². The molecule has 1 unspecified atom stereocenters. The molecule has 2 rings (SSSR count). The molecule has 1 amide bonds. The van der Waals surface area contributed by atoms with E-state index in [-0.39, 0.29) is 16.6 Å². The van der Waals surface area contributed by atoms with E-state index < -0.39 is 17.4 Å². The Hall–Kier alpha value is -1.49. The zero-order valence-electron chi connectivity index (χ0n) is 16.5. The lowest BCUT2D eigenvalue weighted by Crippen LogP contribution is -2.53. The number of thioether (sulfide) groups is 1. The first-order valence-electron chi connectivity index (χ1n) is 9.29. The highest BCUT2D eigenvalue weighted by Crippen LogP contribution is 2.41. The van der Waals surface area contributed by atoms with Crippen molar-refractivity contribution < 1.29 is 14.7 Å². The molecule has 0 fully saturated rings. The van der Waals surface area contributed by atoms with Crippen LogP contribution >= 0.6 is 11.8 Å². The minimum atomic E-state index is -0.969. The fourth-order valence-corrected chi connectivity index (χ4v) is 4.43. The Morgan fingerprint density at radius 1 is 1.23 bits per heavy atom. The van der Waals surface area contributed by atoms with Crippen LogP contribution in [-0.2, 0) is 22.4 Å². The van der Waals surface area contributed by atoms with Crippen LogP contribution in [0.1, 0.15) is 52.2 Å². The minimum Gasteiger partial charge on any atom is -0.480 e. The standard InChI is InChI=1S/C21H31NO3S/c1-14(2)17(18(23)24)22-19(25)21(13-26-20(3,4)5)11-10-15-8-6-7-9-16(15)12-21/h6-9,14,17H,10-13H2,1-5H3,(H,22,25)(H,23,24)/t17-,21?/m0/s1. The highest BCUT2D eigenvalue weighted by molar-refractivity contribution is 8.00. The summed E-state index contributed by atoms with van der Waals surface area (Å²) in [6.07, 6.45) is 2.28. The minimum absolute atomic E-state index is 0.0501. The van der Waals surface area contributed by atoms with Crippen molar-refractivity contribution >= 4 is 23.6 Å². The van der Waals surface area contributed by atoms with E-state index >= 15 is 0 Å². The number of carbonyl (C=O) groups excluding carboxylic acids is 1. The SMILES string of the molecule is CC(C)[C@H](NC(=O)C1(CSC(C)(C)C)CCc2ccccc2C1)C(=O)O. The molecule has 0 spiro atoms. The molecular formula is C21H31NO3S.